The Balaban J connectivity index is 1.96. The third kappa shape index (κ3) is 3.31. The van der Waals surface area contributed by atoms with Crippen molar-refractivity contribution in [3.8, 4) is 5.75 Å². The van der Waals surface area contributed by atoms with E-state index in [0.717, 1.165) is 25.7 Å². The van der Waals surface area contributed by atoms with Gasteiger partial charge in [-0.05, 0) is 43.3 Å². The minimum Gasteiger partial charge on any atom is -0.507 e. The second-order valence-electron chi connectivity index (χ2n) is 7.57. The first kappa shape index (κ1) is 20.3. The molecule has 1 aliphatic rings. The molecule has 1 fully saturated rings. The van der Waals surface area contributed by atoms with Crippen molar-refractivity contribution in [2.75, 3.05) is 7.11 Å². The summed E-state index contributed by atoms with van der Waals surface area (Å²) >= 11 is 5.68. The van der Waals surface area contributed by atoms with Crippen LogP contribution in [0.2, 0.25) is 0 Å². The topological polar surface area (TPSA) is 86.3 Å². The number of nitrogens with zero attached hydrogens (tertiary/aromatic N) is 3. The number of benzene rings is 1. The largest absolute Gasteiger partial charge is 0.507 e. The van der Waals surface area contributed by atoms with Crippen LogP contribution in [0.5, 0.6) is 5.75 Å². The SMILES string of the molecule is COC(=O)c1nc2c(cc1C(=O)c1ccccc1O)n(C)c(=S)n2C1CCCCC1. The van der Waals surface area contributed by atoms with E-state index < -0.39 is 11.8 Å². The molecule has 1 saturated carbocycles. The number of hydrogen-bond donors (Lipinski definition) is 1. The summed E-state index contributed by atoms with van der Waals surface area (Å²) < 4.78 is 9.33. The Morgan fingerprint density at radius 1 is 1.17 bits per heavy atom. The van der Waals surface area contributed by atoms with E-state index >= 15 is 0 Å². The molecule has 0 unspecified atom stereocenters. The predicted octanol–water partition coefficient (Wildman–Crippen LogP) is 4.33. The number of rotatable bonds is 4. The maximum atomic E-state index is 13.2. The maximum Gasteiger partial charge on any atom is 0.357 e. The normalized spacial score (nSPS) is 14.7. The first-order valence-electron chi connectivity index (χ1n) is 9.97. The Hall–Kier alpha value is -3.00. The molecular formula is C22H23N3O4S. The van der Waals surface area contributed by atoms with Crippen LogP contribution in [0.3, 0.4) is 0 Å². The van der Waals surface area contributed by atoms with Gasteiger partial charge in [-0.15, -0.1) is 0 Å². The predicted molar refractivity (Wildman–Crippen MR) is 115 cm³/mol. The van der Waals surface area contributed by atoms with Crippen LogP contribution in [-0.2, 0) is 11.8 Å². The van der Waals surface area contributed by atoms with Crippen molar-refractivity contribution in [2.24, 2.45) is 7.05 Å². The standard InChI is InChI=1S/C22H23N3O4S/c1-24-16-12-15(19(27)14-10-6-7-11-17(14)26)18(21(28)29-2)23-20(16)25(22(24)30)13-8-4-3-5-9-13/h6-7,10-13,26H,3-5,8-9H2,1-2H3. The van der Waals surface area contributed by atoms with E-state index in [4.69, 9.17) is 17.0 Å². The summed E-state index contributed by atoms with van der Waals surface area (Å²) in [5.41, 5.74) is 1.32. The van der Waals surface area contributed by atoms with Gasteiger partial charge in [-0.3, -0.25) is 9.36 Å². The number of aromatic nitrogens is 3. The zero-order valence-corrected chi connectivity index (χ0v) is 17.7. The molecule has 0 atom stereocenters. The van der Waals surface area contributed by atoms with Crippen LogP contribution in [-0.4, -0.2) is 38.1 Å². The van der Waals surface area contributed by atoms with Crippen LogP contribution < -0.4 is 0 Å². The molecule has 0 spiro atoms. The Kier molecular flexibility index (Phi) is 5.42. The minimum absolute atomic E-state index is 0.0715. The fourth-order valence-corrected chi connectivity index (χ4v) is 4.51. The summed E-state index contributed by atoms with van der Waals surface area (Å²) in [5, 5.41) is 10.1. The number of pyridine rings is 1. The molecule has 0 saturated heterocycles. The van der Waals surface area contributed by atoms with Crippen molar-refractivity contribution < 1.29 is 19.4 Å². The molecule has 1 aliphatic carbocycles. The first-order chi connectivity index (χ1) is 14.4. The fraction of sp³-hybridized carbons (Fsp3) is 0.364. The van der Waals surface area contributed by atoms with Gasteiger partial charge in [-0.1, -0.05) is 31.4 Å². The van der Waals surface area contributed by atoms with Gasteiger partial charge in [0.15, 0.2) is 21.9 Å². The number of carbonyl (C=O) groups excluding carboxylic acids is 2. The van der Waals surface area contributed by atoms with Crippen molar-refractivity contribution in [3.63, 3.8) is 0 Å². The number of fused-ring (bicyclic) bond motifs is 1. The first-order valence-corrected chi connectivity index (χ1v) is 10.4. The number of imidazole rings is 1. The summed E-state index contributed by atoms with van der Waals surface area (Å²) in [6, 6.07) is 8.05. The van der Waals surface area contributed by atoms with Crippen molar-refractivity contribution in [1.29, 1.82) is 0 Å². The second-order valence-corrected chi connectivity index (χ2v) is 7.93. The fourth-order valence-electron chi connectivity index (χ4n) is 4.18. The monoisotopic (exact) mass is 425 g/mol. The average Bonchev–Trinajstić information content (AvgIpc) is 3.02. The molecular weight excluding hydrogens is 402 g/mol. The van der Waals surface area contributed by atoms with Crippen LogP contribution in [0.15, 0.2) is 30.3 Å². The lowest BCUT2D eigenvalue weighted by molar-refractivity contribution is 0.0591. The quantitative estimate of drug-likeness (QED) is 0.380. The summed E-state index contributed by atoms with van der Waals surface area (Å²) in [4.78, 5) is 30.3. The van der Waals surface area contributed by atoms with E-state index in [1.54, 1.807) is 18.2 Å². The van der Waals surface area contributed by atoms with Gasteiger partial charge in [0.25, 0.3) is 0 Å². The minimum atomic E-state index is -0.708. The van der Waals surface area contributed by atoms with Gasteiger partial charge in [-0.25, -0.2) is 9.78 Å². The molecule has 0 amide bonds. The van der Waals surface area contributed by atoms with E-state index in [2.05, 4.69) is 4.98 Å². The number of para-hydroxylation sites is 1. The number of esters is 1. The highest BCUT2D eigenvalue weighted by Crippen LogP contribution is 2.33. The molecule has 8 heteroatoms. The molecule has 1 N–H and O–H groups in total. The number of hydrogen-bond acceptors (Lipinski definition) is 6. The number of ketones is 1. The third-order valence-electron chi connectivity index (χ3n) is 5.78. The van der Waals surface area contributed by atoms with Crippen LogP contribution in [0.4, 0.5) is 0 Å². The highest BCUT2D eigenvalue weighted by Gasteiger charge is 2.27. The van der Waals surface area contributed by atoms with E-state index in [1.807, 2.05) is 16.2 Å². The molecule has 3 aromatic rings. The number of carbonyl (C=O) groups is 2. The lowest BCUT2D eigenvalue weighted by Gasteiger charge is -2.23. The van der Waals surface area contributed by atoms with Crippen molar-refractivity contribution in [3.05, 3.63) is 51.9 Å². The molecule has 1 aromatic carbocycles. The van der Waals surface area contributed by atoms with Crippen molar-refractivity contribution in [2.45, 2.75) is 38.1 Å². The van der Waals surface area contributed by atoms with E-state index in [0.29, 0.717) is 15.9 Å². The van der Waals surface area contributed by atoms with E-state index in [-0.39, 0.29) is 28.6 Å². The molecule has 4 rings (SSSR count). The summed E-state index contributed by atoms with van der Waals surface area (Å²) in [6.07, 6.45) is 5.45. The zero-order valence-electron chi connectivity index (χ0n) is 16.9. The van der Waals surface area contributed by atoms with Crippen LogP contribution in [0, 0.1) is 4.77 Å². The molecule has 2 aromatic heterocycles. The Bertz CT molecular complexity index is 1210. The highest BCUT2D eigenvalue weighted by molar-refractivity contribution is 7.71. The summed E-state index contributed by atoms with van der Waals surface area (Å²) in [7, 11) is 3.08. The molecule has 156 valence electrons. The molecule has 2 heterocycles. The van der Waals surface area contributed by atoms with E-state index in [1.165, 1.54) is 25.7 Å². The zero-order chi connectivity index (χ0) is 21.4. The lowest BCUT2D eigenvalue weighted by atomic mass is 9.95. The number of aryl methyl sites for hydroxylation is 1. The van der Waals surface area contributed by atoms with E-state index in [9.17, 15) is 14.7 Å². The molecule has 30 heavy (non-hydrogen) atoms. The maximum absolute atomic E-state index is 13.2. The molecule has 0 aliphatic heterocycles. The number of methoxy groups -OCH3 is 1. The number of phenols is 1. The number of phenolic OH excluding ortho intramolecular Hbond substituents is 1. The molecule has 0 bridgehead atoms. The van der Waals surface area contributed by atoms with Gasteiger partial charge in [0, 0.05) is 13.1 Å². The lowest BCUT2D eigenvalue weighted by Crippen LogP contribution is -2.17. The van der Waals surface area contributed by atoms with Crippen LogP contribution >= 0.6 is 12.2 Å². The average molecular weight is 426 g/mol. The van der Waals surface area contributed by atoms with Crippen molar-refractivity contribution in [1.82, 2.24) is 14.1 Å². The van der Waals surface area contributed by atoms with Crippen molar-refractivity contribution >= 4 is 35.1 Å². The third-order valence-corrected chi connectivity index (χ3v) is 6.25. The van der Waals surface area contributed by atoms with Crippen LogP contribution in [0.25, 0.3) is 11.2 Å². The Morgan fingerprint density at radius 3 is 2.53 bits per heavy atom. The van der Waals surface area contributed by atoms with Gasteiger partial charge in [-0.2, -0.15) is 0 Å². The molecule has 0 radical (unpaired) electrons. The Morgan fingerprint density at radius 2 is 1.87 bits per heavy atom. The van der Waals surface area contributed by atoms with Gasteiger partial charge in [0.1, 0.15) is 5.75 Å². The Labute approximate surface area is 178 Å². The van der Waals surface area contributed by atoms with Gasteiger partial charge < -0.3 is 14.4 Å². The summed E-state index contributed by atoms with van der Waals surface area (Å²) in [5.74, 6) is -1.37. The van der Waals surface area contributed by atoms with Gasteiger partial charge in [0.2, 0.25) is 0 Å². The second kappa shape index (κ2) is 8.02. The van der Waals surface area contributed by atoms with Gasteiger partial charge >= 0.3 is 5.97 Å². The molecule has 7 nitrogen and oxygen atoms in total. The number of aromatic hydroxyl groups is 1. The summed E-state index contributed by atoms with van der Waals surface area (Å²) in [6.45, 7) is 0. The van der Waals surface area contributed by atoms with Crippen LogP contribution in [0.1, 0.15) is 64.6 Å². The highest BCUT2D eigenvalue weighted by atomic mass is 32.1. The van der Waals surface area contributed by atoms with Gasteiger partial charge in [0.05, 0.1) is 23.8 Å². The number of ether oxygens (including phenoxy) is 1. The smallest absolute Gasteiger partial charge is 0.357 e.